The van der Waals surface area contributed by atoms with Crippen molar-refractivity contribution < 1.29 is 9.66 Å². The van der Waals surface area contributed by atoms with Gasteiger partial charge in [0.15, 0.2) is 0 Å². The number of aryl methyl sites for hydroxylation is 2. The number of nitrogens with zero attached hydrogens (tertiary/aromatic N) is 4. The molecule has 2 aromatic rings. The molecule has 0 radical (unpaired) electrons. The second-order valence-electron chi connectivity index (χ2n) is 5.71. The van der Waals surface area contributed by atoms with Crippen molar-refractivity contribution in [1.29, 1.82) is 0 Å². The van der Waals surface area contributed by atoms with Crippen molar-refractivity contribution in [3.8, 4) is 0 Å². The molecule has 24 heavy (non-hydrogen) atoms. The number of ether oxygens (including phenoxy) is 1. The van der Waals surface area contributed by atoms with Gasteiger partial charge in [0.25, 0.3) is 0 Å². The minimum Gasteiger partial charge on any atom is -0.370 e. The van der Waals surface area contributed by atoms with E-state index in [-0.39, 0.29) is 16.7 Å². The Kier molecular flexibility index (Phi) is 4.86. The summed E-state index contributed by atoms with van der Waals surface area (Å²) in [5, 5.41) is 15.9. The highest BCUT2D eigenvalue weighted by Crippen LogP contribution is 2.35. The van der Waals surface area contributed by atoms with Crippen LogP contribution in [0.25, 0.3) is 0 Å². The Morgan fingerprint density at radius 1 is 1.42 bits per heavy atom. The van der Waals surface area contributed by atoms with Gasteiger partial charge in [-0.1, -0.05) is 35.0 Å². The first kappa shape index (κ1) is 16.9. The number of halogens is 1. The lowest BCUT2D eigenvalue weighted by Gasteiger charge is -2.33. The van der Waals surface area contributed by atoms with Gasteiger partial charge in [0.1, 0.15) is 11.8 Å². The molecular formula is C16H19BrN4O3. The van der Waals surface area contributed by atoms with E-state index in [4.69, 9.17) is 4.74 Å². The average Bonchev–Trinajstić information content (AvgIpc) is 2.92. The zero-order chi connectivity index (χ0) is 17.3. The maximum atomic E-state index is 11.5. The first-order chi connectivity index (χ1) is 11.5. The third-order valence-electron chi connectivity index (χ3n) is 4.19. The molecular weight excluding hydrogens is 376 g/mol. The van der Waals surface area contributed by atoms with Crippen LogP contribution in [0.15, 0.2) is 28.7 Å². The first-order valence-corrected chi connectivity index (χ1v) is 8.62. The van der Waals surface area contributed by atoms with Gasteiger partial charge >= 0.3 is 5.69 Å². The molecule has 1 unspecified atom stereocenters. The minimum atomic E-state index is -0.328. The number of hydrogen-bond donors (Lipinski definition) is 0. The molecule has 7 nitrogen and oxygen atoms in total. The van der Waals surface area contributed by atoms with Crippen LogP contribution in [0, 0.1) is 10.1 Å². The van der Waals surface area contributed by atoms with Gasteiger partial charge in [-0.05, 0) is 24.1 Å². The summed E-state index contributed by atoms with van der Waals surface area (Å²) in [6, 6.07) is 7.96. The monoisotopic (exact) mass is 394 g/mol. The summed E-state index contributed by atoms with van der Waals surface area (Å²) in [6.45, 7) is 3.56. The van der Waals surface area contributed by atoms with E-state index in [9.17, 15) is 10.1 Å². The molecule has 1 saturated heterocycles. The van der Waals surface area contributed by atoms with E-state index in [0.29, 0.717) is 37.6 Å². The fourth-order valence-corrected chi connectivity index (χ4v) is 3.32. The fraction of sp³-hybridized carbons (Fsp3) is 0.438. The maximum absolute atomic E-state index is 11.5. The number of morpholine rings is 1. The van der Waals surface area contributed by atoms with Crippen molar-refractivity contribution in [3.05, 3.63) is 50.1 Å². The van der Waals surface area contributed by atoms with E-state index in [1.807, 2.05) is 36.1 Å². The number of aromatic nitrogens is 2. The normalized spacial score (nSPS) is 18.0. The number of benzene rings is 1. The van der Waals surface area contributed by atoms with E-state index in [2.05, 4.69) is 21.0 Å². The largest absolute Gasteiger partial charge is 0.370 e. The smallest absolute Gasteiger partial charge is 0.334 e. The van der Waals surface area contributed by atoms with Gasteiger partial charge in [0, 0.05) is 18.1 Å². The molecule has 1 fully saturated rings. The van der Waals surface area contributed by atoms with Crippen LogP contribution in [0.5, 0.6) is 0 Å². The molecule has 1 aliphatic rings. The molecule has 8 heteroatoms. The van der Waals surface area contributed by atoms with Gasteiger partial charge < -0.3 is 9.64 Å². The van der Waals surface area contributed by atoms with Crippen molar-refractivity contribution in [2.45, 2.75) is 19.4 Å². The predicted octanol–water partition coefficient (Wildman–Crippen LogP) is 3.23. The second-order valence-corrected chi connectivity index (χ2v) is 6.63. The van der Waals surface area contributed by atoms with Gasteiger partial charge in [0.05, 0.1) is 18.1 Å². The lowest BCUT2D eigenvalue weighted by Crippen LogP contribution is -2.39. The van der Waals surface area contributed by atoms with Crippen molar-refractivity contribution in [2.75, 3.05) is 24.6 Å². The zero-order valence-corrected chi connectivity index (χ0v) is 15.2. The summed E-state index contributed by atoms with van der Waals surface area (Å²) in [6.07, 6.45) is 0.413. The summed E-state index contributed by atoms with van der Waals surface area (Å²) in [5.74, 6) is 0.558. The second kappa shape index (κ2) is 6.90. The van der Waals surface area contributed by atoms with E-state index in [0.717, 1.165) is 10.0 Å². The van der Waals surface area contributed by atoms with E-state index in [1.54, 1.807) is 11.7 Å². The highest BCUT2D eigenvalue weighted by molar-refractivity contribution is 9.10. The molecule has 1 aromatic carbocycles. The SMILES string of the molecule is CCc1nn(C)c(N2CCOC(c3ccc(Br)cc3)C2)c1[N+](=O)[O-]. The Hall–Kier alpha value is -1.93. The fourth-order valence-electron chi connectivity index (χ4n) is 3.06. The summed E-state index contributed by atoms with van der Waals surface area (Å²) in [5.41, 5.74) is 1.68. The van der Waals surface area contributed by atoms with Crippen molar-refractivity contribution in [2.24, 2.45) is 7.05 Å². The Morgan fingerprint density at radius 3 is 2.75 bits per heavy atom. The van der Waals surface area contributed by atoms with Crippen LogP contribution in [-0.4, -0.2) is 34.4 Å². The van der Waals surface area contributed by atoms with E-state index in [1.165, 1.54) is 0 Å². The van der Waals surface area contributed by atoms with E-state index < -0.39 is 0 Å². The van der Waals surface area contributed by atoms with Crippen LogP contribution in [-0.2, 0) is 18.2 Å². The molecule has 1 aromatic heterocycles. The summed E-state index contributed by atoms with van der Waals surface area (Å²) in [4.78, 5) is 13.2. The van der Waals surface area contributed by atoms with Gasteiger partial charge in [-0.25, -0.2) is 4.68 Å². The molecule has 0 bridgehead atoms. The summed E-state index contributed by atoms with van der Waals surface area (Å²) >= 11 is 3.43. The highest BCUT2D eigenvalue weighted by atomic mass is 79.9. The van der Waals surface area contributed by atoms with Crippen LogP contribution >= 0.6 is 15.9 Å². The summed E-state index contributed by atoms with van der Waals surface area (Å²) in [7, 11) is 1.76. The molecule has 3 rings (SSSR count). The van der Waals surface area contributed by atoms with Crippen molar-refractivity contribution in [3.63, 3.8) is 0 Å². The molecule has 1 atom stereocenters. The Morgan fingerprint density at radius 2 is 2.12 bits per heavy atom. The van der Waals surface area contributed by atoms with Gasteiger partial charge in [0.2, 0.25) is 5.82 Å². The number of hydrogen-bond acceptors (Lipinski definition) is 5. The quantitative estimate of drug-likeness (QED) is 0.587. The Bertz CT molecular complexity index is 745. The van der Waals surface area contributed by atoms with Crippen LogP contribution in [0.4, 0.5) is 11.5 Å². The Balaban J connectivity index is 1.91. The maximum Gasteiger partial charge on any atom is 0.334 e. The van der Waals surface area contributed by atoms with Crippen LogP contribution in [0.2, 0.25) is 0 Å². The third kappa shape index (κ3) is 3.16. The molecule has 128 valence electrons. The zero-order valence-electron chi connectivity index (χ0n) is 13.6. The van der Waals surface area contributed by atoms with Crippen molar-refractivity contribution in [1.82, 2.24) is 9.78 Å². The molecule has 0 N–H and O–H groups in total. The number of anilines is 1. The molecule has 1 aliphatic heterocycles. The predicted molar refractivity (Wildman–Crippen MR) is 94.3 cm³/mol. The van der Waals surface area contributed by atoms with Gasteiger partial charge in [-0.2, -0.15) is 5.10 Å². The molecule has 2 heterocycles. The van der Waals surface area contributed by atoms with Crippen LogP contribution in [0.3, 0.4) is 0 Å². The lowest BCUT2D eigenvalue weighted by molar-refractivity contribution is -0.384. The third-order valence-corrected chi connectivity index (χ3v) is 4.72. The Labute approximate surface area is 148 Å². The van der Waals surface area contributed by atoms with Crippen LogP contribution in [0.1, 0.15) is 24.3 Å². The van der Waals surface area contributed by atoms with Gasteiger partial charge in [-0.15, -0.1) is 0 Å². The first-order valence-electron chi connectivity index (χ1n) is 7.83. The number of rotatable bonds is 4. The molecule has 0 aliphatic carbocycles. The lowest BCUT2D eigenvalue weighted by atomic mass is 10.1. The van der Waals surface area contributed by atoms with Crippen molar-refractivity contribution >= 4 is 27.4 Å². The average molecular weight is 395 g/mol. The number of nitro groups is 1. The molecule has 0 amide bonds. The van der Waals surface area contributed by atoms with Crippen LogP contribution < -0.4 is 4.90 Å². The topological polar surface area (TPSA) is 73.4 Å². The summed E-state index contributed by atoms with van der Waals surface area (Å²) < 4.78 is 8.49. The molecule has 0 spiro atoms. The molecule has 0 saturated carbocycles. The highest BCUT2D eigenvalue weighted by Gasteiger charge is 2.33. The minimum absolute atomic E-state index is 0.108. The van der Waals surface area contributed by atoms with E-state index >= 15 is 0 Å². The standard InChI is InChI=1S/C16H19BrN4O3/c1-3-13-15(21(22)23)16(19(2)18-13)20-8-9-24-14(10-20)11-4-6-12(17)7-5-11/h4-7,14H,3,8-10H2,1-2H3. The van der Waals surface area contributed by atoms with Gasteiger partial charge in [-0.3, -0.25) is 10.1 Å².